The summed E-state index contributed by atoms with van der Waals surface area (Å²) in [5, 5.41) is 0. The van der Waals surface area contributed by atoms with E-state index in [0.717, 1.165) is 10.0 Å². The van der Waals surface area contributed by atoms with Gasteiger partial charge < -0.3 is 5.73 Å². The zero-order valence-electron chi connectivity index (χ0n) is 9.93. The molecule has 2 amide bonds. The topological polar surface area (TPSA) is 63.4 Å². The van der Waals surface area contributed by atoms with Gasteiger partial charge >= 0.3 is 0 Å². The molecule has 96 valence electrons. The summed E-state index contributed by atoms with van der Waals surface area (Å²) in [6.07, 6.45) is 1.19. The van der Waals surface area contributed by atoms with Crippen molar-refractivity contribution in [2.75, 3.05) is 6.54 Å². The Bertz CT molecular complexity index is 476. The maximum Gasteiger partial charge on any atom is 0.233 e. The fourth-order valence-electron chi connectivity index (χ4n) is 2.02. The molecule has 1 aromatic carbocycles. The van der Waals surface area contributed by atoms with Gasteiger partial charge in [-0.2, -0.15) is 0 Å². The minimum absolute atomic E-state index is 0.106. The Morgan fingerprint density at radius 3 is 2.83 bits per heavy atom. The largest absolute Gasteiger partial charge is 0.327 e. The molecule has 1 aliphatic heterocycles. The molecule has 2 N–H and O–H groups in total. The number of piperidine rings is 1. The van der Waals surface area contributed by atoms with Gasteiger partial charge in [0.25, 0.3) is 0 Å². The lowest BCUT2D eigenvalue weighted by Gasteiger charge is -2.28. The first kappa shape index (κ1) is 13.2. The van der Waals surface area contributed by atoms with E-state index in [2.05, 4.69) is 15.9 Å². The van der Waals surface area contributed by atoms with Crippen LogP contribution in [0.4, 0.5) is 0 Å². The highest BCUT2D eigenvalue weighted by Crippen LogP contribution is 2.18. The van der Waals surface area contributed by atoms with Crippen molar-refractivity contribution in [3.63, 3.8) is 0 Å². The van der Waals surface area contributed by atoms with E-state index in [4.69, 9.17) is 5.73 Å². The number of likely N-dealkylation sites (tertiary alicyclic amines) is 1. The molecule has 5 heteroatoms. The van der Waals surface area contributed by atoms with Gasteiger partial charge in [0, 0.05) is 23.5 Å². The van der Waals surface area contributed by atoms with Crippen LogP contribution in [0.3, 0.4) is 0 Å². The molecule has 0 spiro atoms. The second kappa shape index (κ2) is 5.63. The Morgan fingerprint density at radius 2 is 2.17 bits per heavy atom. The lowest BCUT2D eigenvalue weighted by molar-refractivity contribution is -0.146. The number of benzene rings is 1. The highest BCUT2D eigenvalue weighted by atomic mass is 79.9. The van der Waals surface area contributed by atoms with Gasteiger partial charge in [0.2, 0.25) is 11.8 Å². The lowest BCUT2D eigenvalue weighted by atomic mass is 10.0. The number of hydrogen-bond donors (Lipinski definition) is 1. The number of hydrogen-bond acceptors (Lipinski definition) is 3. The molecule has 1 atom stereocenters. The van der Waals surface area contributed by atoms with Crippen molar-refractivity contribution in [1.82, 2.24) is 4.90 Å². The zero-order chi connectivity index (χ0) is 13.1. The number of carbonyl (C=O) groups excluding carboxylic acids is 2. The van der Waals surface area contributed by atoms with Crippen LogP contribution in [-0.2, 0) is 16.0 Å². The van der Waals surface area contributed by atoms with Crippen LogP contribution in [-0.4, -0.2) is 29.3 Å². The Labute approximate surface area is 114 Å². The standard InChI is InChI=1S/C13H15BrN2O2/c14-11-4-2-1-3-9(11)7-12(17)16-6-5-10(15)8-13(16)18/h1-4,10H,5-8,15H2. The van der Waals surface area contributed by atoms with E-state index in [1.165, 1.54) is 4.90 Å². The normalized spacial score (nSPS) is 20.0. The van der Waals surface area contributed by atoms with E-state index < -0.39 is 0 Å². The molecular formula is C13H15BrN2O2. The van der Waals surface area contributed by atoms with E-state index in [1.807, 2.05) is 24.3 Å². The zero-order valence-corrected chi connectivity index (χ0v) is 11.5. The summed E-state index contributed by atoms with van der Waals surface area (Å²) in [5.74, 6) is -0.315. The molecule has 1 saturated heterocycles. The molecule has 18 heavy (non-hydrogen) atoms. The summed E-state index contributed by atoms with van der Waals surface area (Å²) in [6, 6.07) is 7.42. The summed E-state index contributed by atoms with van der Waals surface area (Å²) in [6.45, 7) is 0.434. The van der Waals surface area contributed by atoms with E-state index in [9.17, 15) is 9.59 Å². The van der Waals surface area contributed by atoms with Gasteiger partial charge in [-0.1, -0.05) is 34.1 Å². The summed E-state index contributed by atoms with van der Waals surface area (Å²) in [4.78, 5) is 25.1. The van der Waals surface area contributed by atoms with Crippen LogP contribution in [0.5, 0.6) is 0 Å². The molecule has 0 aromatic heterocycles. The lowest BCUT2D eigenvalue weighted by Crippen LogP contribution is -2.47. The van der Waals surface area contributed by atoms with Crippen molar-refractivity contribution in [3.05, 3.63) is 34.3 Å². The molecule has 1 unspecified atom stereocenters. The summed E-state index contributed by atoms with van der Waals surface area (Å²) in [5.41, 5.74) is 6.59. The minimum Gasteiger partial charge on any atom is -0.327 e. The van der Waals surface area contributed by atoms with Gasteiger partial charge in [0.15, 0.2) is 0 Å². The van der Waals surface area contributed by atoms with Crippen molar-refractivity contribution in [2.45, 2.75) is 25.3 Å². The van der Waals surface area contributed by atoms with E-state index in [1.54, 1.807) is 0 Å². The first-order valence-electron chi connectivity index (χ1n) is 5.90. The summed E-state index contributed by atoms with van der Waals surface area (Å²) in [7, 11) is 0. The smallest absolute Gasteiger partial charge is 0.233 e. The third-order valence-corrected chi connectivity index (χ3v) is 3.84. The molecule has 1 aromatic rings. The van der Waals surface area contributed by atoms with Crippen molar-refractivity contribution in [3.8, 4) is 0 Å². The average Bonchev–Trinajstić information content (AvgIpc) is 2.32. The van der Waals surface area contributed by atoms with E-state index in [0.29, 0.717) is 13.0 Å². The molecule has 1 heterocycles. The average molecular weight is 311 g/mol. The number of halogens is 1. The first-order valence-corrected chi connectivity index (χ1v) is 6.69. The van der Waals surface area contributed by atoms with Crippen LogP contribution in [0.15, 0.2) is 28.7 Å². The molecule has 0 aliphatic carbocycles. The molecular weight excluding hydrogens is 296 g/mol. The van der Waals surface area contributed by atoms with Crippen molar-refractivity contribution in [1.29, 1.82) is 0 Å². The molecule has 1 aliphatic rings. The molecule has 2 rings (SSSR count). The molecule has 4 nitrogen and oxygen atoms in total. The fraction of sp³-hybridized carbons (Fsp3) is 0.385. The maximum atomic E-state index is 12.1. The van der Waals surface area contributed by atoms with Gasteiger partial charge in [-0.05, 0) is 18.1 Å². The highest BCUT2D eigenvalue weighted by molar-refractivity contribution is 9.10. The highest BCUT2D eigenvalue weighted by Gasteiger charge is 2.28. The number of imide groups is 1. The Kier molecular flexibility index (Phi) is 4.14. The van der Waals surface area contributed by atoms with Crippen LogP contribution in [0.2, 0.25) is 0 Å². The van der Waals surface area contributed by atoms with Crippen LogP contribution in [0.25, 0.3) is 0 Å². The van der Waals surface area contributed by atoms with Crippen LogP contribution in [0, 0.1) is 0 Å². The van der Waals surface area contributed by atoms with Crippen molar-refractivity contribution >= 4 is 27.7 Å². The predicted octanol–water partition coefficient (Wildman–Crippen LogP) is 1.47. The Morgan fingerprint density at radius 1 is 1.44 bits per heavy atom. The van der Waals surface area contributed by atoms with Gasteiger partial charge in [0.1, 0.15) is 0 Å². The Balaban J connectivity index is 2.04. The Hall–Kier alpha value is -1.20. The summed E-state index contributed by atoms with van der Waals surface area (Å²) < 4.78 is 0.888. The van der Waals surface area contributed by atoms with Crippen molar-refractivity contribution < 1.29 is 9.59 Å². The predicted molar refractivity (Wildman–Crippen MR) is 71.8 cm³/mol. The second-order valence-corrected chi connectivity index (χ2v) is 5.31. The minimum atomic E-state index is -0.161. The molecule has 0 saturated carbocycles. The van der Waals surface area contributed by atoms with E-state index >= 15 is 0 Å². The molecule has 1 fully saturated rings. The van der Waals surface area contributed by atoms with Gasteiger partial charge in [0.05, 0.1) is 6.42 Å². The van der Waals surface area contributed by atoms with Gasteiger partial charge in [-0.25, -0.2) is 0 Å². The van der Waals surface area contributed by atoms with E-state index in [-0.39, 0.29) is 30.7 Å². The monoisotopic (exact) mass is 310 g/mol. The third kappa shape index (κ3) is 2.97. The van der Waals surface area contributed by atoms with Crippen LogP contribution >= 0.6 is 15.9 Å². The number of nitrogens with two attached hydrogens (primary N) is 1. The van der Waals surface area contributed by atoms with Crippen LogP contribution < -0.4 is 5.73 Å². The SMILES string of the molecule is NC1CCN(C(=O)Cc2ccccc2Br)C(=O)C1. The number of amides is 2. The number of nitrogens with zero attached hydrogens (tertiary/aromatic N) is 1. The summed E-state index contributed by atoms with van der Waals surface area (Å²) >= 11 is 3.40. The third-order valence-electron chi connectivity index (χ3n) is 3.06. The molecule has 0 bridgehead atoms. The van der Waals surface area contributed by atoms with Gasteiger partial charge in [-0.3, -0.25) is 14.5 Å². The van der Waals surface area contributed by atoms with Crippen LogP contribution in [0.1, 0.15) is 18.4 Å². The van der Waals surface area contributed by atoms with Crippen molar-refractivity contribution in [2.24, 2.45) is 5.73 Å². The molecule has 0 radical (unpaired) electrons. The maximum absolute atomic E-state index is 12.1. The first-order chi connectivity index (χ1) is 8.58. The quantitative estimate of drug-likeness (QED) is 0.899. The fourth-order valence-corrected chi connectivity index (χ4v) is 2.45. The van der Waals surface area contributed by atoms with Gasteiger partial charge in [-0.15, -0.1) is 0 Å². The number of rotatable bonds is 2. The number of carbonyl (C=O) groups is 2. The second-order valence-electron chi connectivity index (χ2n) is 4.46.